The molecular formula is C14H9BrClFN2. The van der Waals surface area contributed by atoms with Crippen LogP contribution in [0.1, 0.15) is 16.8 Å². The van der Waals surface area contributed by atoms with E-state index >= 15 is 0 Å². The lowest BCUT2D eigenvalue weighted by molar-refractivity contribution is 0.623. The van der Waals surface area contributed by atoms with Crippen molar-refractivity contribution in [3.63, 3.8) is 0 Å². The lowest BCUT2D eigenvalue weighted by atomic mass is 10.1. The zero-order valence-electron chi connectivity index (χ0n) is 9.70. The monoisotopic (exact) mass is 338 g/mol. The molecule has 3 aromatic rings. The van der Waals surface area contributed by atoms with Crippen molar-refractivity contribution in [3.8, 4) is 0 Å². The highest BCUT2D eigenvalue weighted by atomic mass is 79.9. The molecule has 1 N–H and O–H groups in total. The molecule has 1 unspecified atom stereocenters. The number of hydrogen-bond acceptors (Lipinski definition) is 1. The van der Waals surface area contributed by atoms with Gasteiger partial charge in [0.25, 0.3) is 0 Å². The van der Waals surface area contributed by atoms with Crippen LogP contribution in [-0.2, 0) is 0 Å². The molecule has 0 saturated carbocycles. The third kappa shape index (κ3) is 2.38. The maximum absolute atomic E-state index is 13.5. The quantitative estimate of drug-likeness (QED) is 0.668. The Morgan fingerprint density at radius 3 is 2.68 bits per heavy atom. The molecule has 1 atom stereocenters. The highest BCUT2D eigenvalue weighted by molar-refractivity contribution is 9.10. The van der Waals surface area contributed by atoms with Gasteiger partial charge in [0.15, 0.2) is 0 Å². The van der Waals surface area contributed by atoms with Gasteiger partial charge >= 0.3 is 0 Å². The molecule has 0 radical (unpaired) electrons. The molecule has 19 heavy (non-hydrogen) atoms. The largest absolute Gasteiger partial charge is 0.340 e. The number of imidazole rings is 1. The maximum atomic E-state index is 13.5. The van der Waals surface area contributed by atoms with E-state index in [0.717, 1.165) is 5.56 Å². The Labute approximate surface area is 122 Å². The van der Waals surface area contributed by atoms with E-state index in [4.69, 9.17) is 11.6 Å². The molecule has 0 aliphatic rings. The molecule has 1 heterocycles. The molecule has 0 aliphatic carbocycles. The highest BCUT2D eigenvalue weighted by Crippen LogP contribution is 2.29. The van der Waals surface area contributed by atoms with Crippen LogP contribution in [0.3, 0.4) is 0 Å². The summed E-state index contributed by atoms with van der Waals surface area (Å²) < 4.78 is 13.8. The number of fused-ring (bicyclic) bond motifs is 1. The van der Waals surface area contributed by atoms with Crippen molar-refractivity contribution in [2.24, 2.45) is 0 Å². The summed E-state index contributed by atoms with van der Waals surface area (Å²) in [5.41, 5.74) is 2.27. The predicted molar refractivity (Wildman–Crippen MR) is 77.9 cm³/mol. The Balaban J connectivity index is 2.06. The summed E-state index contributed by atoms with van der Waals surface area (Å²) in [6.07, 6.45) is 0. The number of benzene rings is 2. The average Bonchev–Trinajstić information content (AvgIpc) is 2.82. The standard InChI is InChI=1S/C14H9BrClFN2/c15-9-6-11-12(7-10(9)17)19-14(18-11)13(16)8-4-2-1-3-5-8/h1-7,13H,(H,18,19). The summed E-state index contributed by atoms with van der Waals surface area (Å²) in [6.45, 7) is 0. The number of aromatic nitrogens is 2. The Kier molecular flexibility index (Phi) is 3.29. The third-order valence-electron chi connectivity index (χ3n) is 2.87. The van der Waals surface area contributed by atoms with Crippen LogP contribution in [0.15, 0.2) is 46.9 Å². The molecule has 0 spiro atoms. The zero-order chi connectivity index (χ0) is 13.4. The number of H-pyrrole nitrogens is 1. The van der Waals surface area contributed by atoms with Gasteiger partial charge in [-0.25, -0.2) is 9.37 Å². The molecule has 5 heteroatoms. The van der Waals surface area contributed by atoms with Crippen molar-refractivity contribution >= 4 is 38.6 Å². The van der Waals surface area contributed by atoms with Gasteiger partial charge in [0.2, 0.25) is 0 Å². The van der Waals surface area contributed by atoms with Crippen molar-refractivity contribution in [3.05, 3.63) is 64.1 Å². The van der Waals surface area contributed by atoms with E-state index in [9.17, 15) is 4.39 Å². The summed E-state index contributed by atoms with van der Waals surface area (Å²) in [4.78, 5) is 7.46. The number of nitrogens with one attached hydrogen (secondary N) is 1. The topological polar surface area (TPSA) is 28.7 Å². The van der Waals surface area contributed by atoms with Crippen LogP contribution >= 0.6 is 27.5 Å². The molecule has 0 aliphatic heterocycles. The minimum atomic E-state index is -0.379. The van der Waals surface area contributed by atoms with Crippen LogP contribution in [0.5, 0.6) is 0 Å². The van der Waals surface area contributed by atoms with Crippen molar-refractivity contribution in [2.45, 2.75) is 5.38 Å². The molecular weight excluding hydrogens is 331 g/mol. The van der Waals surface area contributed by atoms with Gasteiger partial charge in [0.1, 0.15) is 17.0 Å². The molecule has 0 fully saturated rings. The van der Waals surface area contributed by atoms with Gasteiger partial charge in [-0.2, -0.15) is 0 Å². The SMILES string of the molecule is Fc1cc2[nH]c(C(Cl)c3ccccc3)nc2cc1Br. The smallest absolute Gasteiger partial charge is 0.139 e. The summed E-state index contributed by atoms with van der Waals surface area (Å²) in [7, 11) is 0. The first-order chi connectivity index (χ1) is 9.15. The normalized spacial score (nSPS) is 12.8. The number of nitrogens with zero attached hydrogens (tertiary/aromatic N) is 1. The molecule has 1 aromatic heterocycles. The van der Waals surface area contributed by atoms with E-state index in [1.54, 1.807) is 6.07 Å². The molecule has 2 nitrogen and oxygen atoms in total. The molecule has 2 aromatic carbocycles. The van der Waals surface area contributed by atoms with E-state index in [-0.39, 0.29) is 11.2 Å². The lowest BCUT2D eigenvalue weighted by Crippen LogP contribution is -1.94. The van der Waals surface area contributed by atoms with Crippen molar-refractivity contribution in [1.29, 1.82) is 0 Å². The second kappa shape index (κ2) is 4.94. The van der Waals surface area contributed by atoms with Crippen LogP contribution in [-0.4, -0.2) is 9.97 Å². The second-order valence-corrected chi connectivity index (χ2v) is 5.47. The first kappa shape index (κ1) is 12.6. The Hall–Kier alpha value is -1.39. The molecule has 96 valence electrons. The summed E-state index contributed by atoms with van der Waals surface area (Å²) >= 11 is 9.53. The van der Waals surface area contributed by atoms with Gasteiger partial charge in [-0.1, -0.05) is 30.3 Å². The number of halogens is 3. The summed E-state index contributed by atoms with van der Waals surface area (Å²) in [5.74, 6) is 0.286. The van der Waals surface area contributed by atoms with Crippen molar-refractivity contribution < 1.29 is 4.39 Å². The van der Waals surface area contributed by atoms with Crippen molar-refractivity contribution in [2.75, 3.05) is 0 Å². The fraction of sp³-hybridized carbons (Fsp3) is 0.0714. The van der Waals surface area contributed by atoms with Gasteiger partial charge in [-0.3, -0.25) is 0 Å². The van der Waals surface area contributed by atoms with Crippen LogP contribution in [0.25, 0.3) is 11.0 Å². The highest BCUT2D eigenvalue weighted by Gasteiger charge is 2.15. The Bertz CT molecular complexity index is 688. The van der Waals surface area contributed by atoms with Crippen LogP contribution in [0.2, 0.25) is 0 Å². The van der Waals surface area contributed by atoms with E-state index in [1.165, 1.54) is 6.07 Å². The predicted octanol–water partition coefficient (Wildman–Crippen LogP) is 4.79. The molecule has 0 bridgehead atoms. The van der Waals surface area contributed by atoms with E-state index < -0.39 is 0 Å². The van der Waals surface area contributed by atoms with Crippen LogP contribution < -0.4 is 0 Å². The molecule has 3 rings (SSSR count). The number of rotatable bonds is 2. The average molecular weight is 340 g/mol. The van der Waals surface area contributed by atoms with Crippen LogP contribution in [0.4, 0.5) is 4.39 Å². The fourth-order valence-corrected chi connectivity index (χ4v) is 2.50. The van der Waals surface area contributed by atoms with Crippen LogP contribution in [0, 0.1) is 5.82 Å². The summed E-state index contributed by atoms with van der Waals surface area (Å²) in [5, 5.41) is -0.379. The van der Waals surface area contributed by atoms with E-state index in [1.807, 2.05) is 30.3 Å². The minimum absolute atomic E-state index is 0.325. The molecule has 0 amide bonds. The minimum Gasteiger partial charge on any atom is -0.340 e. The zero-order valence-corrected chi connectivity index (χ0v) is 12.0. The van der Waals surface area contributed by atoms with Gasteiger partial charge in [0, 0.05) is 6.07 Å². The van der Waals surface area contributed by atoms with Gasteiger partial charge < -0.3 is 4.98 Å². The first-order valence-corrected chi connectivity index (χ1v) is 6.92. The number of alkyl halides is 1. The van der Waals surface area contributed by atoms with Gasteiger partial charge in [0.05, 0.1) is 15.5 Å². The van der Waals surface area contributed by atoms with E-state index in [2.05, 4.69) is 25.9 Å². The Morgan fingerprint density at radius 1 is 1.21 bits per heavy atom. The summed E-state index contributed by atoms with van der Waals surface area (Å²) in [6, 6.07) is 12.7. The number of aromatic amines is 1. The van der Waals surface area contributed by atoms with Gasteiger partial charge in [-0.05, 0) is 27.6 Å². The van der Waals surface area contributed by atoms with Crippen molar-refractivity contribution in [1.82, 2.24) is 9.97 Å². The third-order valence-corrected chi connectivity index (χ3v) is 3.94. The Morgan fingerprint density at radius 2 is 1.95 bits per heavy atom. The van der Waals surface area contributed by atoms with E-state index in [0.29, 0.717) is 21.3 Å². The second-order valence-electron chi connectivity index (χ2n) is 4.18. The fourth-order valence-electron chi connectivity index (χ4n) is 1.92. The maximum Gasteiger partial charge on any atom is 0.139 e. The molecule has 0 saturated heterocycles. The van der Waals surface area contributed by atoms with Gasteiger partial charge in [-0.15, -0.1) is 11.6 Å². The lowest BCUT2D eigenvalue weighted by Gasteiger charge is -2.05. The number of hydrogen-bond donors (Lipinski definition) is 1. The first-order valence-electron chi connectivity index (χ1n) is 5.69.